The van der Waals surface area contributed by atoms with E-state index in [2.05, 4.69) is 37.4 Å². The molecule has 1 amide bonds. The molecule has 3 nitrogen and oxygen atoms in total. The first-order chi connectivity index (χ1) is 15.0. The van der Waals surface area contributed by atoms with Gasteiger partial charge in [-0.2, -0.15) is 0 Å². The fourth-order valence-corrected chi connectivity index (χ4v) is 5.68. The van der Waals surface area contributed by atoms with Crippen LogP contribution in [-0.4, -0.2) is 19.0 Å². The van der Waals surface area contributed by atoms with Crippen molar-refractivity contribution in [3.63, 3.8) is 0 Å². The van der Waals surface area contributed by atoms with Crippen LogP contribution in [0.15, 0.2) is 60.7 Å². The zero-order valence-electron chi connectivity index (χ0n) is 18.2. The number of halogens is 1. The molecule has 2 heterocycles. The Morgan fingerprint density at radius 1 is 1.13 bits per heavy atom. The predicted octanol–water partition coefficient (Wildman–Crippen LogP) is 5.62. The van der Waals surface area contributed by atoms with Gasteiger partial charge in [0.1, 0.15) is 11.0 Å². The van der Waals surface area contributed by atoms with E-state index in [1.165, 1.54) is 28.8 Å². The molecule has 0 saturated carbocycles. The topological polar surface area (TPSA) is 33.5 Å². The van der Waals surface area contributed by atoms with E-state index < -0.39 is 0 Å². The van der Waals surface area contributed by atoms with Crippen LogP contribution in [0.3, 0.4) is 0 Å². The second-order valence-electron chi connectivity index (χ2n) is 8.50. The number of anilines is 1. The zero-order valence-corrected chi connectivity index (χ0v) is 19.7. The van der Waals surface area contributed by atoms with Crippen LogP contribution in [-0.2, 0) is 6.42 Å². The van der Waals surface area contributed by atoms with E-state index in [1.807, 2.05) is 42.5 Å². The molecule has 1 aliphatic heterocycles. The third-order valence-corrected chi connectivity index (χ3v) is 7.69. The van der Waals surface area contributed by atoms with Crippen molar-refractivity contribution in [3.05, 3.63) is 87.3 Å². The minimum absolute atomic E-state index is 0.0570. The fourth-order valence-electron chi connectivity index (χ4n) is 4.45. The van der Waals surface area contributed by atoms with Crippen molar-refractivity contribution in [3.8, 4) is 0 Å². The second kappa shape index (κ2) is 9.99. The number of amides is 1. The molecule has 4 rings (SSSR count). The number of aryl methyl sites for hydroxylation is 1. The van der Waals surface area contributed by atoms with Crippen LogP contribution in [0.25, 0.3) is 0 Å². The van der Waals surface area contributed by atoms with E-state index in [1.54, 1.807) is 16.2 Å². The van der Waals surface area contributed by atoms with Gasteiger partial charge in [0.15, 0.2) is 0 Å². The Labute approximate surface area is 194 Å². The highest BCUT2D eigenvalue weighted by Crippen LogP contribution is 2.36. The SMILES string of the molecule is CCc1cc(C(c2cccc(Cl)c2)[NH+]2CCC(C)CC2)c(NC(=O)c2ccccc2)s1. The minimum atomic E-state index is -0.0570. The average molecular weight is 454 g/mol. The van der Waals surface area contributed by atoms with Gasteiger partial charge in [0.2, 0.25) is 0 Å². The normalized spacial score (nSPS) is 19.7. The number of hydrogen-bond donors (Lipinski definition) is 2. The summed E-state index contributed by atoms with van der Waals surface area (Å²) in [5.74, 6) is 0.716. The number of likely N-dealkylation sites (tertiary alicyclic amines) is 1. The van der Waals surface area contributed by atoms with E-state index in [4.69, 9.17) is 11.6 Å². The van der Waals surface area contributed by atoms with Crippen molar-refractivity contribution in [1.82, 2.24) is 0 Å². The molecule has 0 radical (unpaired) electrons. The summed E-state index contributed by atoms with van der Waals surface area (Å²) in [7, 11) is 0. The Balaban J connectivity index is 1.73. The molecule has 31 heavy (non-hydrogen) atoms. The third kappa shape index (κ3) is 5.20. The first-order valence-corrected chi connectivity index (χ1v) is 12.3. The number of quaternary nitrogens is 1. The summed E-state index contributed by atoms with van der Waals surface area (Å²) in [6, 6.07) is 20.1. The first-order valence-electron chi connectivity index (χ1n) is 11.1. The van der Waals surface area contributed by atoms with E-state index in [-0.39, 0.29) is 11.9 Å². The van der Waals surface area contributed by atoms with Crippen molar-refractivity contribution in [1.29, 1.82) is 0 Å². The summed E-state index contributed by atoms with van der Waals surface area (Å²) < 4.78 is 0. The van der Waals surface area contributed by atoms with E-state index in [0.29, 0.717) is 5.56 Å². The maximum atomic E-state index is 13.0. The van der Waals surface area contributed by atoms with Gasteiger partial charge in [-0.15, -0.1) is 11.3 Å². The maximum absolute atomic E-state index is 13.0. The Bertz CT molecular complexity index is 1020. The lowest BCUT2D eigenvalue weighted by atomic mass is 9.92. The Kier molecular flexibility index (Phi) is 7.11. The maximum Gasteiger partial charge on any atom is 0.256 e. The molecule has 1 atom stereocenters. The monoisotopic (exact) mass is 453 g/mol. The molecule has 5 heteroatoms. The molecule has 1 saturated heterocycles. The van der Waals surface area contributed by atoms with E-state index >= 15 is 0 Å². The molecule has 1 aliphatic rings. The van der Waals surface area contributed by atoms with Crippen molar-refractivity contribution in [2.75, 3.05) is 18.4 Å². The van der Waals surface area contributed by atoms with E-state index in [0.717, 1.165) is 35.5 Å². The number of benzene rings is 2. The number of rotatable bonds is 6. The van der Waals surface area contributed by atoms with Crippen LogP contribution < -0.4 is 10.2 Å². The number of carbonyl (C=O) groups is 1. The fraction of sp³-hybridized carbons (Fsp3) is 0.346. The van der Waals surface area contributed by atoms with Gasteiger partial charge in [0, 0.05) is 26.6 Å². The van der Waals surface area contributed by atoms with Gasteiger partial charge < -0.3 is 10.2 Å². The molecule has 2 N–H and O–H groups in total. The van der Waals surface area contributed by atoms with Gasteiger partial charge in [-0.1, -0.05) is 55.8 Å². The molecule has 0 spiro atoms. The number of carbonyl (C=O) groups excluding carboxylic acids is 1. The number of hydrogen-bond acceptors (Lipinski definition) is 2. The summed E-state index contributed by atoms with van der Waals surface area (Å²) in [5.41, 5.74) is 3.10. The number of nitrogens with one attached hydrogen (secondary N) is 2. The van der Waals surface area contributed by atoms with Gasteiger partial charge in [-0.25, -0.2) is 0 Å². The minimum Gasteiger partial charge on any atom is -0.325 e. The summed E-state index contributed by atoms with van der Waals surface area (Å²) in [6.07, 6.45) is 3.40. The highest BCUT2D eigenvalue weighted by atomic mass is 35.5. The summed E-state index contributed by atoms with van der Waals surface area (Å²) in [6.45, 7) is 6.77. The molecule has 0 bridgehead atoms. The number of thiophene rings is 1. The molecular formula is C26H30ClN2OS+. The highest BCUT2D eigenvalue weighted by molar-refractivity contribution is 7.16. The van der Waals surface area contributed by atoms with E-state index in [9.17, 15) is 4.79 Å². The Morgan fingerprint density at radius 3 is 2.55 bits per heavy atom. The van der Waals surface area contributed by atoms with Crippen LogP contribution in [0.5, 0.6) is 0 Å². The van der Waals surface area contributed by atoms with Crippen molar-refractivity contribution >= 4 is 33.8 Å². The Hall–Kier alpha value is -2.14. The van der Waals surface area contributed by atoms with Crippen molar-refractivity contribution < 1.29 is 9.69 Å². The smallest absolute Gasteiger partial charge is 0.256 e. The zero-order chi connectivity index (χ0) is 21.8. The molecule has 1 unspecified atom stereocenters. The number of piperidine rings is 1. The molecular weight excluding hydrogens is 424 g/mol. The lowest BCUT2D eigenvalue weighted by molar-refractivity contribution is -0.931. The molecule has 1 fully saturated rings. The third-order valence-electron chi connectivity index (χ3n) is 6.24. The second-order valence-corrected chi connectivity index (χ2v) is 10.1. The molecule has 3 aromatic rings. The largest absolute Gasteiger partial charge is 0.325 e. The standard InChI is InChI=1S/C26H29ClN2OS/c1-3-22-17-23(26(31-22)28-25(30)19-8-5-4-6-9-19)24(20-10-7-11-21(27)16-20)29-14-12-18(2)13-15-29/h4-11,16-18,24H,3,12-15H2,1-2H3,(H,28,30)/p+1. The van der Waals surface area contributed by atoms with Crippen LogP contribution in [0.1, 0.15) is 59.1 Å². The van der Waals surface area contributed by atoms with Crippen LogP contribution in [0.2, 0.25) is 5.02 Å². The predicted molar refractivity (Wildman–Crippen MR) is 130 cm³/mol. The van der Waals surface area contributed by atoms with Gasteiger partial charge in [-0.05, 0) is 55.5 Å². The van der Waals surface area contributed by atoms with Gasteiger partial charge in [-0.3, -0.25) is 4.79 Å². The lowest BCUT2D eigenvalue weighted by Crippen LogP contribution is -3.13. The summed E-state index contributed by atoms with van der Waals surface area (Å²) in [5, 5.41) is 4.95. The average Bonchev–Trinajstić information content (AvgIpc) is 3.18. The lowest BCUT2D eigenvalue weighted by Gasteiger charge is -2.34. The Morgan fingerprint density at radius 2 is 1.87 bits per heavy atom. The van der Waals surface area contributed by atoms with Crippen LogP contribution in [0, 0.1) is 5.92 Å². The van der Waals surface area contributed by atoms with Gasteiger partial charge in [0.25, 0.3) is 5.91 Å². The summed E-state index contributed by atoms with van der Waals surface area (Å²) in [4.78, 5) is 15.8. The first kappa shape index (κ1) is 22.1. The van der Waals surface area contributed by atoms with Crippen LogP contribution in [0.4, 0.5) is 5.00 Å². The molecule has 0 aliphatic carbocycles. The van der Waals surface area contributed by atoms with Gasteiger partial charge in [0.05, 0.1) is 13.1 Å². The quantitative estimate of drug-likeness (QED) is 0.499. The van der Waals surface area contributed by atoms with Crippen molar-refractivity contribution in [2.45, 2.75) is 39.2 Å². The summed E-state index contributed by atoms with van der Waals surface area (Å²) >= 11 is 8.09. The van der Waals surface area contributed by atoms with Gasteiger partial charge >= 0.3 is 0 Å². The molecule has 1 aromatic heterocycles. The molecule has 162 valence electrons. The van der Waals surface area contributed by atoms with Crippen molar-refractivity contribution in [2.24, 2.45) is 5.92 Å². The highest BCUT2D eigenvalue weighted by Gasteiger charge is 2.33. The van der Waals surface area contributed by atoms with Crippen LogP contribution >= 0.6 is 22.9 Å². The molecule has 2 aromatic carbocycles.